The Labute approximate surface area is 145 Å². The summed E-state index contributed by atoms with van der Waals surface area (Å²) < 4.78 is 0. The Morgan fingerprint density at radius 1 is 1.12 bits per heavy atom. The summed E-state index contributed by atoms with van der Waals surface area (Å²) in [6, 6.07) is 11.8. The van der Waals surface area contributed by atoms with Crippen molar-refractivity contribution in [3.05, 3.63) is 69.3 Å². The molecule has 7 nitrogen and oxygen atoms in total. The third-order valence-electron chi connectivity index (χ3n) is 3.71. The van der Waals surface area contributed by atoms with Crippen LogP contribution in [0.15, 0.2) is 42.5 Å². The van der Waals surface area contributed by atoms with Crippen LogP contribution in [-0.4, -0.2) is 35.2 Å². The van der Waals surface area contributed by atoms with Crippen LogP contribution in [0.1, 0.15) is 21.5 Å². The van der Waals surface area contributed by atoms with E-state index in [1.165, 1.54) is 13.1 Å². The van der Waals surface area contributed by atoms with Gasteiger partial charge in [0.15, 0.2) is 0 Å². The van der Waals surface area contributed by atoms with Gasteiger partial charge in [0.05, 0.1) is 11.5 Å². The predicted molar refractivity (Wildman–Crippen MR) is 94.6 cm³/mol. The zero-order chi connectivity index (χ0) is 18.6. The summed E-state index contributed by atoms with van der Waals surface area (Å²) in [5, 5.41) is 13.9. The molecule has 0 saturated heterocycles. The Morgan fingerprint density at radius 3 is 2.36 bits per heavy atom. The lowest BCUT2D eigenvalue weighted by molar-refractivity contribution is -0.385. The summed E-state index contributed by atoms with van der Waals surface area (Å²) in [7, 11) is 1.43. The van der Waals surface area contributed by atoms with Crippen molar-refractivity contribution in [2.24, 2.45) is 0 Å². The average molecular weight is 341 g/mol. The van der Waals surface area contributed by atoms with Gasteiger partial charge in [0.25, 0.3) is 11.6 Å². The molecular weight excluding hydrogens is 322 g/mol. The van der Waals surface area contributed by atoms with Crippen molar-refractivity contribution in [3.63, 3.8) is 0 Å². The minimum absolute atomic E-state index is 0.0318. The second-order valence-electron chi connectivity index (χ2n) is 5.80. The number of benzene rings is 2. The highest BCUT2D eigenvalue weighted by Gasteiger charge is 2.25. The molecule has 0 spiro atoms. The Kier molecular flexibility index (Phi) is 5.49. The van der Waals surface area contributed by atoms with Crippen molar-refractivity contribution in [2.75, 3.05) is 18.9 Å². The number of carbonyl (C=O) groups is 2. The molecule has 7 heteroatoms. The number of hydrogen-bond acceptors (Lipinski definition) is 4. The lowest BCUT2D eigenvalue weighted by atomic mass is 10.1. The van der Waals surface area contributed by atoms with Crippen molar-refractivity contribution in [2.45, 2.75) is 13.8 Å². The molecule has 0 aromatic heterocycles. The van der Waals surface area contributed by atoms with Crippen molar-refractivity contribution in [1.82, 2.24) is 4.90 Å². The van der Waals surface area contributed by atoms with Gasteiger partial charge in [-0.15, -0.1) is 0 Å². The highest BCUT2D eigenvalue weighted by Crippen LogP contribution is 2.24. The van der Waals surface area contributed by atoms with Gasteiger partial charge >= 0.3 is 0 Å². The number of hydrogen-bond donors (Lipinski definition) is 1. The zero-order valence-corrected chi connectivity index (χ0v) is 14.3. The number of nitrogens with one attached hydrogen (secondary N) is 1. The lowest BCUT2D eigenvalue weighted by Gasteiger charge is -2.17. The number of aryl methyl sites for hydroxylation is 2. The van der Waals surface area contributed by atoms with Gasteiger partial charge in [-0.3, -0.25) is 19.7 Å². The molecule has 0 aliphatic heterocycles. The van der Waals surface area contributed by atoms with Gasteiger partial charge in [-0.25, -0.2) is 0 Å². The van der Waals surface area contributed by atoms with Crippen LogP contribution in [0.3, 0.4) is 0 Å². The molecular formula is C18H19N3O4. The molecule has 0 radical (unpaired) electrons. The largest absolute Gasteiger partial charge is 0.332 e. The van der Waals surface area contributed by atoms with Crippen molar-refractivity contribution < 1.29 is 14.5 Å². The van der Waals surface area contributed by atoms with E-state index in [2.05, 4.69) is 5.32 Å². The van der Waals surface area contributed by atoms with Crippen LogP contribution >= 0.6 is 0 Å². The van der Waals surface area contributed by atoms with E-state index in [0.717, 1.165) is 10.5 Å². The maximum Gasteiger partial charge on any atom is 0.285 e. The summed E-state index contributed by atoms with van der Waals surface area (Å²) in [5.74, 6) is -0.954. The van der Waals surface area contributed by atoms with Crippen LogP contribution in [0.4, 0.5) is 11.4 Å². The van der Waals surface area contributed by atoms with Gasteiger partial charge < -0.3 is 10.2 Å². The van der Waals surface area contributed by atoms with Gasteiger partial charge in [-0.05, 0) is 32.0 Å². The van der Waals surface area contributed by atoms with Crippen LogP contribution in [0, 0.1) is 24.0 Å². The van der Waals surface area contributed by atoms with Crippen LogP contribution in [0.2, 0.25) is 0 Å². The maximum atomic E-state index is 12.5. The molecule has 0 aliphatic rings. The summed E-state index contributed by atoms with van der Waals surface area (Å²) in [6.07, 6.45) is 0. The first-order valence-corrected chi connectivity index (χ1v) is 7.65. The number of carbonyl (C=O) groups excluding carboxylic acids is 2. The first-order valence-electron chi connectivity index (χ1n) is 7.65. The molecule has 0 fully saturated rings. The van der Waals surface area contributed by atoms with Gasteiger partial charge in [0.2, 0.25) is 5.91 Å². The van der Waals surface area contributed by atoms with Crippen LogP contribution < -0.4 is 5.32 Å². The number of anilines is 1. The van der Waals surface area contributed by atoms with E-state index in [4.69, 9.17) is 0 Å². The normalized spacial score (nSPS) is 10.2. The van der Waals surface area contributed by atoms with Gasteiger partial charge in [-0.2, -0.15) is 0 Å². The SMILES string of the molecule is Cc1ccc(NC(=O)CN(C)C(=O)c2cccc(C)c2[N+](=O)[O-])cc1. The number of amides is 2. The molecule has 2 rings (SSSR count). The minimum Gasteiger partial charge on any atom is -0.332 e. The summed E-state index contributed by atoms with van der Waals surface area (Å²) >= 11 is 0. The summed E-state index contributed by atoms with van der Waals surface area (Å²) in [5.41, 5.74) is 1.82. The quantitative estimate of drug-likeness (QED) is 0.668. The van der Waals surface area contributed by atoms with Crippen LogP contribution in [-0.2, 0) is 4.79 Å². The fraction of sp³-hybridized carbons (Fsp3) is 0.222. The van der Waals surface area contributed by atoms with E-state index in [-0.39, 0.29) is 23.7 Å². The number of nitro benzene ring substituents is 1. The number of para-hydroxylation sites is 1. The number of rotatable bonds is 5. The second kappa shape index (κ2) is 7.57. The summed E-state index contributed by atoms with van der Waals surface area (Å²) in [4.78, 5) is 36.4. The van der Waals surface area contributed by atoms with E-state index in [1.807, 2.05) is 19.1 Å². The van der Waals surface area contributed by atoms with E-state index in [1.54, 1.807) is 31.2 Å². The summed E-state index contributed by atoms with van der Waals surface area (Å²) in [6.45, 7) is 3.30. The van der Waals surface area contributed by atoms with Crippen molar-refractivity contribution in [3.8, 4) is 0 Å². The number of nitro groups is 1. The molecule has 2 aromatic rings. The monoisotopic (exact) mass is 341 g/mol. The lowest BCUT2D eigenvalue weighted by Crippen LogP contribution is -2.35. The molecule has 25 heavy (non-hydrogen) atoms. The smallest absolute Gasteiger partial charge is 0.285 e. The molecule has 0 bridgehead atoms. The number of nitrogens with zero attached hydrogens (tertiary/aromatic N) is 2. The Bertz CT molecular complexity index is 816. The highest BCUT2D eigenvalue weighted by molar-refractivity contribution is 6.01. The van der Waals surface area contributed by atoms with E-state index < -0.39 is 10.8 Å². The second-order valence-corrected chi connectivity index (χ2v) is 5.80. The third-order valence-corrected chi connectivity index (χ3v) is 3.71. The Morgan fingerprint density at radius 2 is 1.76 bits per heavy atom. The highest BCUT2D eigenvalue weighted by atomic mass is 16.6. The Hall–Kier alpha value is -3.22. The molecule has 0 saturated carbocycles. The topological polar surface area (TPSA) is 92.6 Å². The van der Waals surface area contributed by atoms with Gasteiger partial charge in [-0.1, -0.05) is 29.8 Å². The van der Waals surface area contributed by atoms with E-state index in [9.17, 15) is 19.7 Å². The standard InChI is InChI=1S/C18H19N3O4/c1-12-7-9-14(10-8-12)19-16(22)11-20(3)18(23)15-6-4-5-13(2)17(15)21(24)25/h4-10H,11H2,1-3H3,(H,19,22). The third kappa shape index (κ3) is 4.41. The predicted octanol–water partition coefficient (Wildman–Crippen LogP) is 2.92. The molecule has 2 amide bonds. The zero-order valence-electron chi connectivity index (χ0n) is 14.3. The minimum atomic E-state index is -0.581. The van der Waals surface area contributed by atoms with Crippen LogP contribution in [0.25, 0.3) is 0 Å². The van der Waals surface area contributed by atoms with Crippen LogP contribution in [0.5, 0.6) is 0 Å². The van der Waals surface area contributed by atoms with E-state index >= 15 is 0 Å². The van der Waals surface area contributed by atoms with Crippen molar-refractivity contribution >= 4 is 23.2 Å². The van der Waals surface area contributed by atoms with Crippen molar-refractivity contribution in [1.29, 1.82) is 0 Å². The average Bonchev–Trinajstić information content (AvgIpc) is 2.55. The van der Waals surface area contributed by atoms with Gasteiger partial charge in [0.1, 0.15) is 5.56 Å². The molecule has 2 aromatic carbocycles. The first-order chi connectivity index (χ1) is 11.8. The molecule has 0 aliphatic carbocycles. The molecule has 1 N–H and O–H groups in total. The molecule has 0 heterocycles. The maximum absolute atomic E-state index is 12.5. The Balaban J connectivity index is 2.10. The molecule has 130 valence electrons. The fourth-order valence-electron chi connectivity index (χ4n) is 2.40. The van der Waals surface area contributed by atoms with Gasteiger partial charge in [0, 0.05) is 18.3 Å². The molecule has 0 unspecified atom stereocenters. The first kappa shape index (κ1) is 18.1. The fourth-order valence-corrected chi connectivity index (χ4v) is 2.40. The number of likely N-dealkylation sites (N-methyl/N-ethyl adjacent to an activating group) is 1. The molecule has 0 atom stereocenters. The van der Waals surface area contributed by atoms with E-state index in [0.29, 0.717) is 11.3 Å².